The van der Waals surface area contributed by atoms with Crippen LogP contribution in [-0.4, -0.2) is 28.5 Å². The van der Waals surface area contributed by atoms with Gasteiger partial charge in [-0.2, -0.15) is 0 Å². The normalized spacial score (nSPS) is 13.8. The van der Waals surface area contributed by atoms with E-state index in [0.717, 1.165) is 24.9 Å². The number of amides is 1. The molecule has 4 nitrogen and oxygen atoms in total. The van der Waals surface area contributed by atoms with E-state index < -0.39 is 0 Å². The lowest BCUT2D eigenvalue weighted by atomic mass is 10.1. The van der Waals surface area contributed by atoms with Gasteiger partial charge in [0.1, 0.15) is 5.69 Å². The van der Waals surface area contributed by atoms with Crippen LogP contribution in [-0.2, 0) is 6.54 Å². The highest BCUT2D eigenvalue weighted by Gasteiger charge is 2.24. The Kier molecular flexibility index (Phi) is 3.03. The molecule has 3 rings (SSSR count). The van der Waals surface area contributed by atoms with Crippen molar-refractivity contribution in [3.63, 3.8) is 0 Å². The van der Waals surface area contributed by atoms with Crippen LogP contribution in [0.4, 0.5) is 0 Å². The Morgan fingerprint density at radius 1 is 1.30 bits per heavy atom. The van der Waals surface area contributed by atoms with E-state index in [-0.39, 0.29) is 18.0 Å². The number of aromatic nitrogens is 1. The number of fused-ring (bicyclic) bond motifs is 1. The quantitative estimate of drug-likeness (QED) is 0.773. The maximum absolute atomic E-state index is 12.5. The summed E-state index contributed by atoms with van der Waals surface area (Å²) >= 11 is 0. The molecule has 0 bridgehead atoms. The average Bonchev–Trinajstić information content (AvgIpc) is 2.40. The number of likely N-dealkylation sites (tertiary alicyclic amines) is 1. The standard InChI is InChI=1S/C16H14N2O2/c1-2-8-18-14(16(20)17-9-5-10-17)11-12-6-3-4-7-13(12)15(18)19/h1,3-4,6-7,11H,5,8-10H2. The number of hydrogen-bond acceptors (Lipinski definition) is 2. The van der Waals surface area contributed by atoms with Crippen LogP contribution in [0.15, 0.2) is 35.1 Å². The van der Waals surface area contributed by atoms with Crippen LogP contribution in [0.25, 0.3) is 10.8 Å². The van der Waals surface area contributed by atoms with Crippen molar-refractivity contribution >= 4 is 16.7 Å². The number of hydrogen-bond donors (Lipinski definition) is 0. The Balaban J connectivity index is 2.23. The molecule has 0 spiro atoms. The van der Waals surface area contributed by atoms with Crippen LogP contribution < -0.4 is 5.56 Å². The molecule has 2 heterocycles. The molecule has 1 amide bonds. The molecular weight excluding hydrogens is 252 g/mol. The highest BCUT2D eigenvalue weighted by molar-refractivity contribution is 5.97. The van der Waals surface area contributed by atoms with Gasteiger partial charge >= 0.3 is 0 Å². The van der Waals surface area contributed by atoms with Crippen molar-refractivity contribution < 1.29 is 4.79 Å². The third-order valence-corrected chi connectivity index (χ3v) is 3.63. The molecule has 0 saturated carbocycles. The molecule has 100 valence electrons. The molecule has 1 aliphatic rings. The fourth-order valence-electron chi connectivity index (χ4n) is 2.40. The maximum Gasteiger partial charge on any atom is 0.270 e. The van der Waals surface area contributed by atoms with Crippen LogP contribution >= 0.6 is 0 Å². The van der Waals surface area contributed by atoms with Crippen LogP contribution in [0, 0.1) is 12.3 Å². The van der Waals surface area contributed by atoms with Gasteiger partial charge in [-0.15, -0.1) is 6.42 Å². The summed E-state index contributed by atoms with van der Waals surface area (Å²) in [5.74, 6) is 2.34. The Hall–Kier alpha value is -2.54. The van der Waals surface area contributed by atoms with E-state index in [1.807, 2.05) is 12.1 Å². The van der Waals surface area contributed by atoms with Crippen molar-refractivity contribution in [2.75, 3.05) is 13.1 Å². The zero-order chi connectivity index (χ0) is 14.1. The first-order chi connectivity index (χ1) is 9.72. The van der Waals surface area contributed by atoms with E-state index >= 15 is 0 Å². The number of carbonyl (C=O) groups is 1. The van der Waals surface area contributed by atoms with Gasteiger partial charge in [0, 0.05) is 18.5 Å². The van der Waals surface area contributed by atoms with Crippen LogP contribution in [0.2, 0.25) is 0 Å². The highest BCUT2D eigenvalue weighted by atomic mass is 16.2. The molecule has 0 aliphatic carbocycles. The lowest BCUT2D eigenvalue weighted by Gasteiger charge is -2.31. The van der Waals surface area contributed by atoms with Crippen molar-refractivity contribution in [2.45, 2.75) is 13.0 Å². The predicted molar refractivity (Wildman–Crippen MR) is 77.6 cm³/mol. The molecule has 0 unspecified atom stereocenters. The lowest BCUT2D eigenvalue weighted by Crippen LogP contribution is -2.44. The van der Waals surface area contributed by atoms with E-state index in [1.54, 1.807) is 23.1 Å². The molecule has 0 atom stereocenters. The van der Waals surface area contributed by atoms with Crippen LogP contribution in [0.3, 0.4) is 0 Å². The first-order valence-electron chi connectivity index (χ1n) is 6.57. The summed E-state index contributed by atoms with van der Waals surface area (Å²) in [4.78, 5) is 26.6. The van der Waals surface area contributed by atoms with Gasteiger partial charge in [-0.3, -0.25) is 14.2 Å². The van der Waals surface area contributed by atoms with Gasteiger partial charge < -0.3 is 4.90 Å². The van der Waals surface area contributed by atoms with Gasteiger partial charge in [-0.1, -0.05) is 24.1 Å². The molecule has 1 saturated heterocycles. The van der Waals surface area contributed by atoms with E-state index in [0.29, 0.717) is 11.1 Å². The molecule has 1 fully saturated rings. The van der Waals surface area contributed by atoms with E-state index in [2.05, 4.69) is 5.92 Å². The van der Waals surface area contributed by atoms with Crippen molar-refractivity contribution in [1.29, 1.82) is 0 Å². The molecule has 1 aromatic carbocycles. The van der Waals surface area contributed by atoms with Gasteiger partial charge in [0.25, 0.3) is 11.5 Å². The Morgan fingerprint density at radius 2 is 2.05 bits per heavy atom. The average molecular weight is 266 g/mol. The summed E-state index contributed by atoms with van der Waals surface area (Å²) in [5, 5.41) is 1.36. The van der Waals surface area contributed by atoms with Gasteiger partial charge in [-0.05, 0) is 23.9 Å². The monoisotopic (exact) mass is 266 g/mol. The fraction of sp³-hybridized carbons (Fsp3) is 0.250. The molecule has 4 heteroatoms. The largest absolute Gasteiger partial charge is 0.337 e. The number of benzene rings is 1. The summed E-state index contributed by atoms with van der Waals surface area (Å²) in [6, 6.07) is 9.01. The summed E-state index contributed by atoms with van der Waals surface area (Å²) in [6.45, 7) is 1.60. The van der Waals surface area contributed by atoms with E-state index in [4.69, 9.17) is 6.42 Å². The molecule has 0 N–H and O–H groups in total. The Morgan fingerprint density at radius 3 is 2.70 bits per heavy atom. The van der Waals surface area contributed by atoms with Crippen molar-refractivity contribution in [3.8, 4) is 12.3 Å². The number of rotatable bonds is 2. The summed E-state index contributed by atoms with van der Waals surface area (Å²) in [5.41, 5.74) is 0.177. The second-order valence-corrected chi connectivity index (χ2v) is 4.86. The zero-order valence-corrected chi connectivity index (χ0v) is 11.0. The molecule has 20 heavy (non-hydrogen) atoms. The summed E-state index contributed by atoms with van der Waals surface area (Å²) < 4.78 is 1.39. The zero-order valence-electron chi connectivity index (χ0n) is 11.0. The predicted octanol–water partition coefficient (Wildman–Crippen LogP) is 1.48. The number of terminal acetylenes is 1. The van der Waals surface area contributed by atoms with Gasteiger partial charge in [-0.25, -0.2) is 0 Å². The van der Waals surface area contributed by atoms with E-state index in [9.17, 15) is 9.59 Å². The minimum Gasteiger partial charge on any atom is -0.337 e. The fourth-order valence-corrected chi connectivity index (χ4v) is 2.40. The SMILES string of the molecule is C#CCn1c(C(=O)N2CCC2)cc2ccccc2c1=O. The first kappa shape index (κ1) is 12.5. The minimum atomic E-state index is -0.204. The Bertz CT molecular complexity index is 779. The smallest absolute Gasteiger partial charge is 0.270 e. The van der Waals surface area contributed by atoms with Crippen molar-refractivity contribution in [3.05, 3.63) is 46.4 Å². The van der Waals surface area contributed by atoms with Gasteiger partial charge in [0.2, 0.25) is 0 Å². The molecule has 1 aromatic heterocycles. The second-order valence-electron chi connectivity index (χ2n) is 4.86. The maximum atomic E-state index is 12.5. The third kappa shape index (κ3) is 1.88. The van der Waals surface area contributed by atoms with Gasteiger partial charge in [0.05, 0.1) is 6.54 Å². The second kappa shape index (κ2) is 4.86. The number of pyridine rings is 1. The van der Waals surface area contributed by atoms with Crippen LogP contribution in [0.1, 0.15) is 16.9 Å². The van der Waals surface area contributed by atoms with Crippen molar-refractivity contribution in [2.24, 2.45) is 0 Å². The molecule has 2 aromatic rings. The van der Waals surface area contributed by atoms with Crippen LogP contribution in [0.5, 0.6) is 0 Å². The van der Waals surface area contributed by atoms with E-state index in [1.165, 1.54) is 4.57 Å². The summed E-state index contributed by atoms with van der Waals surface area (Å²) in [6.07, 6.45) is 6.34. The molecule has 0 radical (unpaired) electrons. The minimum absolute atomic E-state index is 0.110. The molecular formula is C16H14N2O2. The Labute approximate surface area is 116 Å². The molecule has 1 aliphatic heterocycles. The first-order valence-corrected chi connectivity index (χ1v) is 6.57. The highest BCUT2D eigenvalue weighted by Crippen LogP contribution is 2.16. The lowest BCUT2D eigenvalue weighted by molar-refractivity contribution is 0.0640. The number of carbonyl (C=O) groups excluding carboxylic acids is 1. The third-order valence-electron chi connectivity index (χ3n) is 3.63. The van der Waals surface area contributed by atoms with Gasteiger partial charge in [0.15, 0.2) is 0 Å². The number of nitrogens with zero attached hydrogens (tertiary/aromatic N) is 2. The van der Waals surface area contributed by atoms with Crippen molar-refractivity contribution in [1.82, 2.24) is 9.47 Å². The topological polar surface area (TPSA) is 42.3 Å². The summed E-state index contributed by atoms with van der Waals surface area (Å²) in [7, 11) is 0.